The smallest absolute Gasteiger partial charge is 0.240 e. The Morgan fingerprint density at radius 2 is 1.83 bits per heavy atom. The molecule has 1 amide bonds. The number of rotatable bonds is 7. The summed E-state index contributed by atoms with van der Waals surface area (Å²) in [5.74, 6) is 1.17. The lowest BCUT2D eigenvalue weighted by Gasteiger charge is -2.32. The van der Waals surface area contributed by atoms with Crippen molar-refractivity contribution in [2.24, 2.45) is 0 Å². The minimum absolute atomic E-state index is 0.0229. The second-order valence-electron chi connectivity index (χ2n) is 8.97. The molecule has 1 aliphatic rings. The van der Waals surface area contributed by atoms with E-state index in [2.05, 4.69) is 22.0 Å². The molecule has 5 rings (SSSR count). The van der Waals surface area contributed by atoms with E-state index in [1.54, 1.807) is 25.3 Å². The number of likely N-dealkylation sites (tertiary alicyclic amines) is 1. The van der Waals surface area contributed by atoms with E-state index >= 15 is 0 Å². The first kappa shape index (κ1) is 23.4. The number of ether oxygens (including phenoxy) is 1. The summed E-state index contributed by atoms with van der Waals surface area (Å²) < 4.78 is 33.4. The van der Waals surface area contributed by atoms with Gasteiger partial charge in [-0.05, 0) is 65.4 Å². The van der Waals surface area contributed by atoms with Crippen LogP contribution in [0.5, 0.6) is 5.75 Å². The molecule has 1 aromatic heterocycles. The van der Waals surface area contributed by atoms with Crippen LogP contribution in [0, 0.1) is 0 Å². The second kappa shape index (κ2) is 9.71. The fourth-order valence-corrected chi connectivity index (χ4v) is 5.96. The molecular weight excluding hydrogens is 462 g/mol. The number of H-pyrrole nitrogens is 1. The van der Waals surface area contributed by atoms with Crippen LogP contribution in [0.15, 0.2) is 71.8 Å². The van der Waals surface area contributed by atoms with Crippen LogP contribution in [-0.2, 0) is 14.8 Å². The summed E-state index contributed by atoms with van der Waals surface area (Å²) in [5, 5.41) is 3.01. The van der Waals surface area contributed by atoms with E-state index in [0.29, 0.717) is 19.0 Å². The summed E-state index contributed by atoms with van der Waals surface area (Å²) >= 11 is 0. The predicted octanol–water partition coefficient (Wildman–Crippen LogP) is 4.40. The number of carbonyl (C=O) groups excluding carboxylic acids is 1. The number of nitrogens with one attached hydrogen (secondary N) is 2. The molecule has 0 spiro atoms. The Hall–Kier alpha value is -3.36. The number of aromatic nitrogens is 1. The summed E-state index contributed by atoms with van der Waals surface area (Å²) in [6.07, 6.45) is 3.95. The molecule has 3 aromatic carbocycles. The summed E-state index contributed by atoms with van der Waals surface area (Å²) in [7, 11) is -2.01. The molecule has 0 saturated carbocycles. The predicted molar refractivity (Wildman–Crippen MR) is 137 cm³/mol. The van der Waals surface area contributed by atoms with Gasteiger partial charge in [0.1, 0.15) is 5.75 Å². The maximum Gasteiger partial charge on any atom is 0.240 e. The summed E-state index contributed by atoms with van der Waals surface area (Å²) in [4.78, 5) is 18.1. The van der Waals surface area contributed by atoms with Gasteiger partial charge in [0, 0.05) is 43.2 Å². The van der Waals surface area contributed by atoms with E-state index in [0.717, 1.165) is 40.3 Å². The number of amides is 1. The average Bonchev–Trinajstić information content (AvgIpc) is 3.31. The molecule has 7 nitrogen and oxygen atoms in total. The number of carbonyl (C=O) groups is 1. The van der Waals surface area contributed by atoms with Gasteiger partial charge in [-0.1, -0.05) is 30.3 Å². The van der Waals surface area contributed by atoms with Crippen molar-refractivity contribution in [3.05, 3.63) is 72.4 Å². The molecule has 182 valence electrons. The van der Waals surface area contributed by atoms with E-state index < -0.39 is 10.0 Å². The third kappa shape index (κ3) is 4.90. The Kier molecular flexibility index (Phi) is 6.49. The zero-order valence-electron chi connectivity index (χ0n) is 19.7. The highest BCUT2D eigenvalue weighted by molar-refractivity contribution is 7.89. The number of hydrogen-bond donors (Lipinski definition) is 2. The molecule has 0 unspecified atom stereocenters. The first-order valence-electron chi connectivity index (χ1n) is 11.9. The van der Waals surface area contributed by atoms with Crippen LogP contribution in [0.4, 0.5) is 0 Å². The van der Waals surface area contributed by atoms with Gasteiger partial charge in [0.05, 0.1) is 12.0 Å². The van der Waals surface area contributed by atoms with Crippen LogP contribution in [0.25, 0.3) is 21.7 Å². The Bertz CT molecular complexity index is 1470. The average molecular weight is 492 g/mol. The lowest BCUT2D eigenvalue weighted by molar-refractivity contribution is -0.132. The lowest BCUT2D eigenvalue weighted by atomic mass is 9.89. The Balaban J connectivity index is 1.15. The van der Waals surface area contributed by atoms with Crippen LogP contribution in [0.3, 0.4) is 0 Å². The molecule has 8 heteroatoms. The van der Waals surface area contributed by atoms with Crippen LogP contribution < -0.4 is 9.46 Å². The molecule has 0 radical (unpaired) electrons. The first-order valence-corrected chi connectivity index (χ1v) is 13.3. The van der Waals surface area contributed by atoms with E-state index in [4.69, 9.17) is 4.74 Å². The molecule has 35 heavy (non-hydrogen) atoms. The van der Waals surface area contributed by atoms with E-state index in [1.807, 2.05) is 41.3 Å². The molecule has 2 heterocycles. The van der Waals surface area contributed by atoms with Crippen molar-refractivity contribution in [3.8, 4) is 5.75 Å². The summed E-state index contributed by atoms with van der Waals surface area (Å²) in [6, 6.07) is 18.7. The number of benzene rings is 3. The SMILES string of the molecule is COc1ccc2[nH]cc(C3CCN(C(=O)CCNS(=O)(=O)c4ccc5ccccc5c4)CC3)c2c1. The van der Waals surface area contributed by atoms with Crippen molar-refractivity contribution < 1.29 is 17.9 Å². The third-order valence-corrected chi connectivity index (χ3v) is 8.33. The van der Waals surface area contributed by atoms with Gasteiger partial charge in [-0.15, -0.1) is 0 Å². The number of nitrogens with zero attached hydrogens (tertiary/aromatic N) is 1. The van der Waals surface area contributed by atoms with E-state index in [9.17, 15) is 13.2 Å². The number of sulfonamides is 1. The standard InChI is InChI=1S/C27H29N3O4S/c1-34-22-7-9-26-24(17-22)25(18-28-26)20-11-14-30(15-12-20)27(31)10-13-29-35(32,33)23-8-6-19-4-2-3-5-21(19)16-23/h2-9,16-18,20,28-29H,10-15H2,1H3. The molecule has 0 bridgehead atoms. The highest BCUT2D eigenvalue weighted by atomic mass is 32.2. The topological polar surface area (TPSA) is 91.5 Å². The highest BCUT2D eigenvalue weighted by Gasteiger charge is 2.26. The zero-order chi connectivity index (χ0) is 24.4. The van der Waals surface area contributed by atoms with Crippen molar-refractivity contribution in [2.75, 3.05) is 26.7 Å². The van der Waals surface area contributed by atoms with Crippen LogP contribution in [-0.4, -0.2) is 51.0 Å². The highest BCUT2D eigenvalue weighted by Crippen LogP contribution is 2.34. The molecule has 1 saturated heterocycles. The number of fused-ring (bicyclic) bond motifs is 2. The zero-order valence-corrected chi connectivity index (χ0v) is 20.5. The normalized spacial score (nSPS) is 15.1. The fourth-order valence-electron chi connectivity index (χ4n) is 4.89. The van der Waals surface area contributed by atoms with Crippen LogP contribution in [0.1, 0.15) is 30.7 Å². The van der Waals surface area contributed by atoms with E-state index in [-0.39, 0.29) is 23.8 Å². The second-order valence-corrected chi connectivity index (χ2v) is 10.7. The fraction of sp³-hybridized carbons (Fsp3) is 0.296. The van der Waals surface area contributed by atoms with Crippen LogP contribution in [0.2, 0.25) is 0 Å². The molecular formula is C27H29N3O4S. The minimum Gasteiger partial charge on any atom is -0.497 e. The van der Waals surface area contributed by atoms with Gasteiger partial charge in [-0.3, -0.25) is 4.79 Å². The monoisotopic (exact) mass is 491 g/mol. The van der Waals surface area contributed by atoms with Crippen LogP contribution >= 0.6 is 0 Å². The van der Waals surface area contributed by atoms with Gasteiger partial charge in [0.25, 0.3) is 0 Å². The molecule has 2 N–H and O–H groups in total. The number of hydrogen-bond acceptors (Lipinski definition) is 4. The molecule has 0 atom stereocenters. The van der Waals surface area contributed by atoms with Crippen molar-refractivity contribution in [2.45, 2.75) is 30.1 Å². The Morgan fingerprint density at radius 1 is 1.06 bits per heavy atom. The Morgan fingerprint density at radius 3 is 2.60 bits per heavy atom. The van der Waals surface area contributed by atoms with Gasteiger partial charge in [-0.25, -0.2) is 13.1 Å². The van der Waals surface area contributed by atoms with Crippen molar-refractivity contribution in [3.63, 3.8) is 0 Å². The lowest BCUT2D eigenvalue weighted by Crippen LogP contribution is -2.39. The van der Waals surface area contributed by atoms with Gasteiger partial charge < -0.3 is 14.6 Å². The molecule has 1 aliphatic heterocycles. The van der Waals surface area contributed by atoms with E-state index in [1.165, 1.54) is 5.56 Å². The van der Waals surface area contributed by atoms with Crippen molar-refractivity contribution >= 4 is 37.6 Å². The summed E-state index contributed by atoms with van der Waals surface area (Å²) in [6.45, 7) is 1.41. The summed E-state index contributed by atoms with van der Waals surface area (Å²) in [5.41, 5.74) is 2.34. The Labute approximate surface area is 205 Å². The van der Waals surface area contributed by atoms with Gasteiger partial charge in [0.2, 0.25) is 15.9 Å². The van der Waals surface area contributed by atoms with Gasteiger partial charge in [0.15, 0.2) is 0 Å². The number of aromatic amines is 1. The van der Waals surface area contributed by atoms with Gasteiger partial charge >= 0.3 is 0 Å². The largest absolute Gasteiger partial charge is 0.497 e. The molecule has 1 fully saturated rings. The van der Waals surface area contributed by atoms with Crippen molar-refractivity contribution in [1.82, 2.24) is 14.6 Å². The number of methoxy groups -OCH3 is 1. The third-order valence-electron chi connectivity index (χ3n) is 6.87. The number of piperidine rings is 1. The quantitative estimate of drug-likeness (QED) is 0.401. The maximum absolute atomic E-state index is 12.8. The van der Waals surface area contributed by atoms with Crippen molar-refractivity contribution in [1.29, 1.82) is 0 Å². The maximum atomic E-state index is 12.8. The first-order chi connectivity index (χ1) is 16.9. The van der Waals surface area contributed by atoms with Gasteiger partial charge in [-0.2, -0.15) is 0 Å². The molecule has 0 aliphatic carbocycles. The minimum atomic E-state index is -3.68. The molecule has 4 aromatic rings.